The Bertz CT molecular complexity index is 817. The SMILES string of the molecule is Cc1c(C(=O)NCC2(N3CCCCC3)CCCCC2)oc2ccc(Br)cc12. The van der Waals surface area contributed by atoms with E-state index in [0.717, 1.165) is 27.6 Å². The third kappa shape index (κ3) is 3.81. The maximum atomic E-state index is 13.0. The molecule has 0 spiro atoms. The predicted octanol–water partition coefficient (Wildman–Crippen LogP) is 5.42. The number of amides is 1. The van der Waals surface area contributed by atoms with Crippen LogP contribution in [-0.2, 0) is 0 Å². The van der Waals surface area contributed by atoms with Crippen LogP contribution in [0.2, 0.25) is 0 Å². The minimum atomic E-state index is -0.0817. The molecule has 1 N–H and O–H groups in total. The van der Waals surface area contributed by atoms with Gasteiger partial charge in [-0.05, 0) is 63.9 Å². The highest BCUT2D eigenvalue weighted by Gasteiger charge is 2.38. The van der Waals surface area contributed by atoms with E-state index in [2.05, 4.69) is 26.1 Å². The lowest BCUT2D eigenvalue weighted by atomic mass is 9.79. The van der Waals surface area contributed by atoms with E-state index in [1.54, 1.807) is 0 Å². The zero-order valence-corrected chi connectivity index (χ0v) is 17.7. The van der Waals surface area contributed by atoms with Crippen molar-refractivity contribution in [1.82, 2.24) is 10.2 Å². The number of nitrogens with zero attached hydrogens (tertiary/aromatic N) is 1. The first-order valence-electron chi connectivity index (χ1n) is 10.3. The van der Waals surface area contributed by atoms with Gasteiger partial charge in [-0.3, -0.25) is 9.69 Å². The largest absolute Gasteiger partial charge is 0.451 e. The molecule has 1 aliphatic carbocycles. The molecule has 0 radical (unpaired) electrons. The van der Waals surface area contributed by atoms with Crippen LogP contribution in [0.3, 0.4) is 0 Å². The van der Waals surface area contributed by atoms with Crippen LogP contribution in [0.5, 0.6) is 0 Å². The number of carbonyl (C=O) groups excluding carboxylic acids is 1. The quantitative estimate of drug-likeness (QED) is 0.700. The third-order valence-electron chi connectivity index (χ3n) is 6.49. The Morgan fingerprint density at radius 2 is 1.85 bits per heavy atom. The van der Waals surface area contributed by atoms with E-state index in [-0.39, 0.29) is 11.4 Å². The van der Waals surface area contributed by atoms with Gasteiger partial charge in [-0.1, -0.05) is 41.6 Å². The molecule has 27 heavy (non-hydrogen) atoms. The molecule has 5 heteroatoms. The van der Waals surface area contributed by atoms with Crippen molar-refractivity contribution < 1.29 is 9.21 Å². The smallest absolute Gasteiger partial charge is 0.287 e. The highest BCUT2D eigenvalue weighted by molar-refractivity contribution is 9.10. The van der Waals surface area contributed by atoms with Crippen LogP contribution in [0.15, 0.2) is 27.1 Å². The molecule has 1 saturated carbocycles. The van der Waals surface area contributed by atoms with Crippen LogP contribution in [0, 0.1) is 6.92 Å². The minimum Gasteiger partial charge on any atom is -0.451 e. The van der Waals surface area contributed by atoms with Gasteiger partial charge in [-0.15, -0.1) is 0 Å². The molecule has 2 heterocycles. The fourth-order valence-electron chi connectivity index (χ4n) is 4.92. The highest BCUT2D eigenvalue weighted by atomic mass is 79.9. The van der Waals surface area contributed by atoms with Crippen LogP contribution in [0.4, 0.5) is 0 Å². The number of halogens is 1. The Hall–Kier alpha value is -1.33. The topological polar surface area (TPSA) is 45.5 Å². The van der Waals surface area contributed by atoms with Crippen molar-refractivity contribution in [1.29, 1.82) is 0 Å². The van der Waals surface area contributed by atoms with Gasteiger partial charge in [-0.2, -0.15) is 0 Å². The summed E-state index contributed by atoms with van der Waals surface area (Å²) < 4.78 is 6.88. The number of aryl methyl sites for hydroxylation is 1. The molecule has 0 atom stereocenters. The van der Waals surface area contributed by atoms with Crippen molar-refractivity contribution in [3.8, 4) is 0 Å². The van der Waals surface area contributed by atoms with E-state index < -0.39 is 0 Å². The van der Waals surface area contributed by atoms with E-state index in [1.807, 2.05) is 25.1 Å². The molecule has 1 saturated heterocycles. The predicted molar refractivity (Wildman–Crippen MR) is 112 cm³/mol. The first kappa shape index (κ1) is 19.0. The Morgan fingerprint density at radius 1 is 1.15 bits per heavy atom. The van der Waals surface area contributed by atoms with Crippen molar-refractivity contribution in [2.45, 2.75) is 63.8 Å². The maximum absolute atomic E-state index is 13.0. The van der Waals surface area contributed by atoms with Crippen molar-refractivity contribution >= 4 is 32.8 Å². The molecule has 2 aromatic rings. The van der Waals surface area contributed by atoms with E-state index in [0.29, 0.717) is 5.76 Å². The molecule has 0 bridgehead atoms. The summed E-state index contributed by atoms with van der Waals surface area (Å²) in [4.78, 5) is 15.6. The van der Waals surface area contributed by atoms with Gasteiger partial charge < -0.3 is 9.73 Å². The fourth-order valence-corrected chi connectivity index (χ4v) is 5.28. The second kappa shape index (κ2) is 7.96. The molecular formula is C22H29BrN2O2. The Kier molecular flexibility index (Phi) is 5.60. The standard InChI is InChI=1S/C22H29BrN2O2/c1-16-18-14-17(23)8-9-19(18)27-20(16)21(26)24-15-22(10-4-2-5-11-22)25-12-6-3-7-13-25/h8-9,14H,2-7,10-13,15H2,1H3,(H,24,26). The highest BCUT2D eigenvalue weighted by Crippen LogP contribution is 2.35. The molecule has 1 aliphatic heterocycles. The molecule has 2 fully saturated rings. The molecule has 4 nitrogen and oxygen atoms in total. The number of likely N-dealkylation sites (tertiary alicyclic amines) is 1. The summed E-state index contributed by atoms with van der Waals surface area (Å²) >= 11 is 3.50. The lowest BCUT2D eigenvalue weighted by molar-refractivity contribution is 0.0323. The summed E-state index contributed by atoms with van der Waals surface area (Å²) in [5, 5.41) is 4.24. The first-order valence-corrected chi connectivity index (χ1v) is 11.1. The van der Waals surface area contributed by atoms with Crippen LogP contribution >= 0.6 is 15.9 Å². The van der Waals surface area contributed by atoms with Crippen molar-refractivity contribution in [3.63, 3.8) is 0 Å². The monoisotopic (exact) mass is 432 g/mol. The van der Waals surface area contributed by atoms with Crippen LogP contribution < -0.4 is 5.32 Å². The molecule has 146 valence electrons. The van der Waals surface area contributed by atoms with Crippen LogP contribution in [-0.4, -0.2) is 36.0 Å². The number of benzene rings is 1. The Labute approximate surface area is 169 Å². The van der Waals surface area contributed by atoms with Crippen molar-refractivity contribution in [2.75, 3.05) is 19.6 Å². The Morgan fingerprint density at radius 3 is 2.59 bits per heavy atom. The van der Waals surface area contributed by atoms with Gasteiger partial charge >= 0.3 is 0 Å². The van der Waals surface area contributed by atoms with Gasteiger partial charge in [0, 0.05) is 27.5 Å². The Balaban J connectivity index is 1.52. The van der Waals surface area contributed by atoms with Gasteiger partial charge in [0.05, 0.1) is 0 Å². The van der Waals surface area contributed by atoms with E-state index >= 15 is 0 Å². The number of nitrogens with one attached hydrogen (secondary N) is 1. The lowest BCUT2D eigenvalue weighted by Gasteiger charge is -2.48. The maximum Gasteiger partial charge on any atom is 0.287 e. The van der Waals surface area contributed by atoms with Gasteiger partial charge in [0.1, 0.15) is 5.58 Å². The zero-order valence-electron chi connectivity index (χ0n) is 16.2. The number of hydrogen-bond donors (Lipinski definition) is 1. The summed E-state index contributed by atoms with van der Waals surface area (Å²) in [5.74, 6) is 0.370. The second-order valence-corrected chi connectivity index (χ2v) is 9.13. The molecule has 4 rings (SSSR count). The summed E-state index contributed by atoms with van der Waals surface area (Å²) in [6.07, 6.45) is 10.2. The number of rotatable bonds is 4. The normalized spacial score (nSPS) is 20.7. The van der Waals surface area contributed by atoms with Crippen LogP contribution in [0.1, 0.15) is 67.5 Å². The van der Waals surface area contributed by atoms with Crippen LogP contribution in [0.25, 0.3) is 11.0 Å². The van der Waals surface area contributed by atoms with E-state index in [1.165, 1.54) is 64.5 Å². The lowest BCUT2D eigenvalue weighted by Crippen LogP contribution is -2.58. The number of fused-ring (bicyclic) bond motifs is 1. The second-order valence-electron chi connectivity index (χ2n) is 8.21. The van der Waals surface area contributed by atoms with E-state index in [9.17, 15) is 4.79 Å². The average molecular weight is 433 g/mol. The number of hydrogen-bond acceptors (Lipinski definition) is 3. The van der Waals surface area contributed by atoms with E-state index in [4.69, 9.17) is 4.42 Å². The van der Waals surface area contributed by atoms with Gasteiger partial charge in [0.15, 0.2) is 5.76 Å². The molecule has 1 aromatic carbocycles. The number of carbonyl (C=O) groups is 1. The van der Waals surface area contributed by atoms with Gasteiger partial charge in [0.2, 0.25) is 0 Å². The third-order valence-corrected chi connectivity index (χ3v) is 6.99. The zero-order chi connectivity index (χ0) is 18.9. The molecule has 2 aliphatic rings. The van der Waals surface area contributed by atoms with Crippen molar-refractivity contribution in [3.05, 3.63) is 34.0 Å². The summed E-state index contributed by atoms with van der Waals surface area (Å²) in [6.45, 7) is 5.04. The minimum absolute atomic E-state index is 0.0817. The summed E-state index contributed by atoms with van der Waals surface area (Å²) in [5.41, 5.74) is 1.82. The molecule has 1 amide bonds. The molecular weight excluding hydrogens is 404 g/mol. The van der Waals surface area contributed by atoms with Crippen molar-refractivity contribution in [2.24, 2.45) is 0 Å². The number of piperidine rings is 1. The average Bonchev–Trinajstić information content (AvgIpc) is 3.04. The number of furan rings is 1. The molecule has 1 aromatic heterocycles. The summed E-state index contributed by atoms with van der Waals surface area (Å²) in [6, 6.07) is 5.88. The first-order chi connectivity index (χ1) is 13.1. The fraction of sp³-hybridized carbons (Fsp3) is 0.591. The van der Waals surface area contributed by atoms with Gasteiger partial charge in [0.25, 0.3) is 5.91 Å². The summed E-state index contributed by atoms with van der Waals surface area (Å²) in [7, 11) is 0. The van der Waals surface area contributed by atoms with Gasteiger partial charge in [-0.25, -0.2) is 0 Å². The molecule has 0 unspecified atom stereocenters.